The molecule has 0 spiro atoms. The summed E-state index contributed by atoms with van der Waals surface area (Å²) in [6.45, 7) is 4.97. The van der Waals surface area contributed by atoms with E-state index in [0.29, 0.717) is 17.4 Å². The number of sulfone groups is 1. The lowest BCUT2D eigenvalue weighted by Gasteiger charge is -2.32. The van der Waals surface area contributed by atoms with E-state index in [0.717, 1.165) is 49.3 Å². The number of rotatable bonds is 9. The van der Waals surface area contributed by atoms with Crippen molar-refractivity contribution in [1.82, 2.24) is 15.4 Å². The normalized spacial score (nSPS) is 15.1. The number of amides is 1. The molecule has 0 saturated carbocycles. The topological polar surface area (TPSA) is 88.6 Å². The van der Waals surface area contributed by atoms with Gasteiger partial charge in [-0.05, 0) is 97.9 Å². The maximum absolute atomic E-state index is 12.9. The second kappa shape index (κ2) is 11.3. The van der Waals surface area contributed by atoms with E-state index in [9.17, 15) is 13.2 Å². The number of carbonyl (C=O) groups excluding carboxylic acids is 1. The number of aromatic nitrogens is 1. The van der Waals surface area contributed by atoms with Crippen molar-refractivity contribution >= 4 is 27.8 Å². The van der Waals surface area contributed by atoms with Gasteiger partial charge in [0, 0.05) is 23.5 Å². The molecule has 4 rings (SSSR count). The standard InChI is InChI=1S/C26H28ClN3O4S/c1-19-26(14-21(15-28-19)17-34-29-18-31)22-10-12-30(13-11-22)16-20-2-6-24(7-3-20)35(32,33)25-8-4-23(27)5-9-25/h2-9,14-15,18,22H,10-13,16-17H2,1H3,(H,29,31). The van der Waals surface area contributed by atoms with E-state index in [1.54, 1.807) is 30.5 Å². The fraction of sp³-hybridized carbons (Fsp3) is 0.308. The minimum atomic E-state index is -3.57. The number of likely N-dealkylation sites (tertiary alicyclic amines) is 1. The van der Waals surface area contributed by atoms with Crippen LogP contribution in [-0.4, -0.2) is 37.8 Å². The van der Waals surface area contributed by atoms with Crippen molar-refractivity contribution in [1.29, 1.82) is 0 Å². The van der Waals surface area contributed by atoms with Crippen molar-refractivity contribution in [2.45, 2.75) is 48.6 Å². The van der Waals surface area contributed by atoms with Gasteiger partial charge in [-0.1, -0.05) is 23.7 Å². The molecule has 2 aromatic carbocycles. The molecule has 1 fully saturated rings. The summed E-state index contributed by atoms with van der Waals surface area (Å²) >= 11 is 5.88. The Morgan fingerprint density at radius 1 is 1.06 bits per heavy atom. The molecule has 1 saturated heterocycles. The van der Waals surface area contributed by atoms with Crippen molar-refractivity contribution in [3.8, 4) is 0 Å². The van der Waals surface area contributed by atoms with Crippen LogP contribution in [0.1, 0.15) is 41.1 Å². The highest BCUT2D eigenvalue weighted by Crippen LogP contribution is 2.31. The Kier molecular flexibility index (Phi) is 8.18. The predicted molar refractivity (Wildman–Crippen MR) is 134 cm³/mol. The lowest BCUT2D eigenvalue weighted by Crippen LogP contribution is -2.32. The number of carbonyl (C=O) groups is 1. The molecular formula is C26H28ClN3O4S. The number of hydrogen-bond donors (Lipinski definition) is 1. The highest BCUT2D eigenvalue weighted by molar-refractivity contribution is 7.91. The van der Waals surface area contributed by atoms with Crippen LogP contribution in [0.2, 0.25) is 5.02 Å². The number of nitrogens with zero attached hydrogens (tertiary/aromatic N) is 2. The average molecular weight is 514 g/mol. The van der Waals surface area contributed by atoms with Gasteiger partial charge < -0.3 is 0 Å². The second-order valence-corrected chi connectivity index (χ2v) is 11.1. The molecule has 0 atom stereocenters. The quantitative estimate of drug-likeness (QED) is 0.258. The van der Waals surface area contributed by atoms with E-state index >= 15 is 0 Å². The summed E-state index contributed by atoms with van der Waals surface area (Å²) in [4.78, 5) is 22.9. The molecule has 1 aliphatic heterocycles. The summed E-state index contributed by atoms with van der Waals surface area (Å²) in [7, 11) is -3.57. The van der Waals surface area contributed by atoms with Gasteiger partial charge in [-0.3, -0.25) is 19.5 Å². The Morgan fingerprint density at radius 3 is 2.31 bits per heavy atom. The number of aryl methyl sites for hydroxylation is 1. The number of halogens is 1. The molecule has 1 amide bonds. The molecule has 0 radical (unpaired) electrons. The number of benzene rings is 2. The minimum Gasteiger partial charge on any atom is -0.299 e. The average Bonchev–Trinajstić information content (AvgIpc) is 2.86. The molecule has 0 aliphatic carbocycles. The molecular weight excluding hydrogens is 486 g/mol. The monoisotopic (exact) mass is 513 g/mol. The Balaban J connectivity index is 1.35. The molecule has 1 aliphatic rings. The van der Waals surface area contributed by atoms with Crippen LogP contribution in [0.4, 0.5) is 0 Å². The van der Waals surface area contributed by atoms with Gasteiger partial charge in [-0.25, -0.2) is 13.9 Å². The van der Waals surface area contributed by atoms with Crippen molar-refractivity contribution < 1.29 is 18.0 Å². The van der Waals surface area contributed by atoms with Crippen molar-refractivity contribution in [3.05, 3.63) is 88.2 Å². The summed E-state index contributed by atoms with van der Waals surface area (Å²) in [5.41, 5.74) is 6.47. The highest BCUT2D eigenvalue weighted by atomic mass is 35.5. The van der Waals surface area contributed by atoms with E-state index < -0.39 is 9.84 Å². The molecule has 7 nitrogen and oxygen atoms in total. The van der Waals surface area contributed by atoms with Gasteiger partial charge in [-0.2, -0.15) is 0 Å². The van der Waals surface area contributed by atoms with Gasteiger partial charge in [0.05, 0.1) is 9.79 Å². The zero-order chi connectivity index (χ0) is 24.8. The summed E-state index contributed by atoms with van der Waals surface area (Å²) in [5, 5.41) is 0.503. The van der Waals surface area contributed by atoms with E-state index in [-0.39, 0.29) is 16.4 Å². The summed E-state index contributed by atoms with van der Waals surface area (Å²) in [6, 6.07) is 15.5. The first-order valence-corrected chi connectivity index (χ1v) is 13.3. The first-order chi connectivity index (χ1) is 16.9. The van der Waals surface area contributed by atoms with Crippen molar-refractivity contribution in [2.75, 3.05) is 13.1 Å². The van der Waals surface area contributed by atoms with Gasteiger partial charge in [-0.15, -0.1) is 0 Å². The molecule has 184 valence electrons. The molecule has 35 heavy (non-hydrogen) atoms. The van der Waals surface area contributed by atoms with Gasteiger partial charge in [0.15, 0.2) is 0 Å². The first kappa shape index (κ1) is 25.3. The largest absolute Gasteiger partial charge is 0.299 e. The third-order valence-electron chi connectivity index (χ3n) is 6.34. The second-order valence-electron chi connectivity index (χ2n) is 8.69. The van der Waals surface area contributed by atoms with Gasteiger partial charge in [0.1, 0.15) is 6.61 Å². The first-order valence-electron chi connectivity index (χ1n) is 11.4. The van der Waals surface area contributed by atoms with Crippen LogP contribution >= 0.6 is 11.6 Å². The zero-order valence-electron chi connectivity index (χ0n) is 19.5. The van der Waals surface area contributed by atoms with Crippen LogP contribution in [0.25, 0.3) is 0 Å². The lowest BCUT2D eigenvalue weighted by molar-refractivity contribution is -0.121. The maximum atomic E-state index is 12.9. The fourth-order valence-corrected chi connectivity index (χ4v) is 5.82. The lowest BCUT2D eigenvalue weighted by atomic mass is 9.88. The Morgan fingerprint density at radius 2 is 1.69 bits per heavy atom. The van der Waals surface area contributed by atoms with Crippen molar-refractivity contribution in [3.63, 3.8) is 0 Å². The number of nitrogens with one attached hydrogen (secondary N) is 1. The fourth-order valence-electron chi connectivity index (χ4n) is 4.43. The molecule has 2 heterocycles. The molecule has 3 aromatic rings. The Hall–Kier alpha value is -2.78. The zero-order valence-corrected chi connectivity index (χ0v) is 21.1. The molecule has 1 aromatic heterocycles. The smallest absolute Gasteiger partial charge is 0.230 e. The molecule has 1 N–H and O–H groups in total. The van der Waals surface area contributed by atoms with Crippen LogP contribution in [0.15, 0.2) is 70.6 Å². The summed E-state index contributed by atoms with van der Waals surface area (Å²) in [6.07, 6.45) is 4.31. The number of piperidine rings is 1. The van der Waals surface area contributed by atoms with E-state index in [2.05, 4.69) is 21.4 Å². The summed E-state index contributed by atoms with van der Waals surface area (Å²) in [5.74, 6) is 0.421. The van der Waals surface area contributed by atoms with Crippen LogP contribution < -0.4 is 5.48 Å². The Labute approximate surface area is 211 Å². The number of pyridine rings is 1. The van der Waals surface area contributed by atoms with Gasteiger partial charge in [0.2, 0.25) is 16.2 Å². The van der Waals surface area contributed by atoms with E-state index in [4.69, 9.17) is 16.4 Å². The predicted octanol–water partition coefficient (Wildman–Crippen LogP) is 4.43. The van der Waals surface area contributed by atoms with E-state index in [1.807, 2.05) is 19.1 Å². The van der Waals surface area contributed by atoms with Crippen LogP contribution in [-0.2, 0) is 32.6 Å². The SMILES string of the molecule is Cc1ncc(CONC=O)cc1C1CCN(Cc2ccc(S(=O)(=O)c3ccc(Cl)cc3)cc2)CC1. The van der Waals surface area contributed by atoms with Crippen LogP contribution in [0, 0.1) is 6.92 Å². The molecule has 0 unspecified atom stereocenters. The third kappa shape index (κ3) is 6.27. The van der Waals surface area contributed by atoms with E-state index in [1.165, 1.54) is 17.7 Å². The Bertz CT molecular complexity index is 1260. The minimum absolute atomic E-state index is 0.233. The number of hydroxylamine groups is 1. The van der Waals surface area contributed by atoms with Crippen LogP contribution in [0.3, 0.4) is 0 Å². The highest BCUT2D eigenvalue weighted by Gasteiger charge is 2.23. The molecule has 0 bridgehead atoms. The van der Waals surface area contributed by atoms with Gasteiger partial charge in [0.25, 0.3) is 0 Å². The number of hydrogen-bond acceptors (Lipinski definition) is 6. The maximum Gasteiger partial charge on any atom is 0.230 e. The van der Waals surface area contributed by atoms with Crippen LogP contribution in [0.5, 0.6) is 0 Å². The van der Waals surface area contributed by atoms with Gasteiger partial charge >= 0.3 is 0 Å². The molecule has 9 heteroatoms. The van der Waals surface area contributed by atoms with Crippen molar-refractivity contribution in [2.24, 2.45) is 0 Å². The third-order valence-corrected chi connectivity index (χ3v) is 8.38. The summed E-state index contributed by atoms with van der Waals surface area (Å²) < 4.78 is 25.7.